The van der Waals surface area contributed by atoms with Crippen LogP contribution in [0.1, 0.15) is 143 Å². The highest BCUT2D eigenvalue weighted by molar-refractivity contribution is 7.60. The van der Waals surface area contributed by atoms with E-state index in [-0.39, 0.29) is 121 Å². The van der Waals surface area contributed by atoms with Crippen molar-refractivity contribution in [3.63, 3.8) is 0 Å². The molecule has 2 saturated heterocycles. The Kier molecular flexibility index (Phi) is 34.5. The number of imidazole rings is 2. The van der Waals surface area contributed by atoms with Crippen LogP contribution in [0.5, 0.6) is 0 Å². The molecular weight excluding hydrogens is 1690 g/mol. The van der Waals surface area contributed by atoms with Crippen molar-refractivity contribution >= 4 is 116 Å². The summed E-state index contributed by atoms with van der Waals surface area (Å²) >= 11 is 0. The molecule has 14 atom stereocenters. The minimum absolute atomic E-state index is 0.00672. The summed E-state index contributed by atoms with van der Waals surface area (Å²) in [6.45, 7) is 7.17. The molecule has 4 amide bonds. The fourth-order valence-electron chi connectivity index (χ4n) is 12.4. The number of phosphoric ester groups is 6. The Morgan fingerprint density at radius 2 is 0.864 bits per heavy atom. The summed E-state index contributed by atoms with van der Waals surface area (Å²) in [5.41, 5.74) is 9.37. The van der Waals surface area contributed by atoms with Crippen molar-refractivity contribution in [2.45, 2.75) is 194 Å². The highest BCUT2D eigenvalue weighted by atomic mass is 31.3. The third-order valence-corrected chi connectivity index (χ3v) is 24.6. The maximum Gasteiger partial charge on any atom is 0.274 e. The molecule has 0 radical (unpaired) electrons. The van der Waals surface area contributed by atoms with Crippen molar-refractivity contribution in [1.29, 1.82) is 0 Å². The van der Waals surface area contributed by atoms with Gasteiger partial charge in [-0.05, 0) is 60.5 Å². The number of fused-ring (bicyclic) bond motifs is 2. The van der Waals surface area contributed by atoms with Crippen LogP contribution in [0.2, 0.25) is 0 Å². The predicted molar refractivity (Wildman–Crippen MR) is 390 cm³/mol. The molecule has 2 fully saturated rings. The molecule has 2 aliphatic rings. The molecule has 662 valence electrons. The Bertz CT molecular complexity index is 4360. The molecular formula is C64H94N14O34P6-8. The van der Waals surface area contributed by atoms with E-state index in [1.807, 2.05) is 45.9 Å². The van der Waals surface area contributed by atoms with Gasteiger partial charge in [-0.1, -0.05) is 79.7 Å². The Balaban J connectivity index is 0.708. The first-order valence-corrected chi connectivity index (χ1v) is 45.1. The normalized spacial score (nSPS) is 21.6. The van der Waals surface area contributed by atoms with Crippen molar-refractivity contribution in [2.24, 2.45) is 21.7 Å². The number of nitrogens with two attached hydrogens (primary N) is 2. The molecule has 12 N–H and O–H groups in total. The quantitative estimate of drug-likeness (QED) is 0.0172. The second-order valence-electron chi connectivity index (χ2n) is 30.8. The maximum absolute atomic E-state index is 13.0. The molecule has 118 heavy (non-hydrogen) atoms. The third kappa shape index (κ3) is 30.6. The molecule has 0 saturated carbocycles. The number of phosphoric acid groups is 6. The molecule has 2 aliphatic heterocycles. The molecule has 6 heterocycles. The lowest BCUT2D eigenvalue weighted by molar-refractivity contribution is -0.348. The molecule has 1 aromatic carbocycles. The zero-order valence-electron chi connectivity index (χ0n) is 65.0. The van der Waals surface area contributed by atoms with Gasteiger partial charge in [0.2, 0.25) is 23.6 Å². The number of ether oxygens (including phenoxy) is 2. The van der Waals surface area contributed by atoms with Crippen LogP contribution in [-0.2, 0) is 114 Å². The van der Waals surface area contributed by atoms with Gasteiger partial charge in [-0.2, -0.15) is 0 Å². The molecule has 0 spiro atoms. The van der Waals surface area contributed by atoms with Gasteiger partial charge in [0.15, 0.2) is 35.4 Å². The fraction of sp³-hybridized carbons (Fsp3) is 0.656. The number of hydrogen-bond acceptors (Lipinski definition) is 42. The average molecular weight is 1790 g/mol. The Labute approximate surface area is 674 Å². The number of carbonyl (C=O) groups is 6. The monoisotopic (exact) mass is 1790 g/mol. The van der Waals surface area contributed by atoms with E-state index in [2.05, 4.69) is 93.0 Å². The predicted octanol–water partition coefficient (Wildman–Crippen LogP) is -3.14. The number of nitrogen functional groups attached to an aromatic ring is 2. The first-order chi connectivity index (χ1) is 54.6. The molecule has 54 heteroatoms. The number of aromatic nitrogens is 8. The van der Waals surface area contributed by atoms with E-state index in [0.29, 0.717) is 12.8 Å². The number of anilines is 2. The van der Waals surface area contributed by atoms with Crippen molar-refractivity contribution < 1.29 is 161 Å². The van der Waals surface area contributed by atoms with Gasteiger partial charge in [0.05, 0.1) is 54.7 Å². The van der Waals surface area contributed by atoms with Gasteiger partial charge in [0.25, 0.3) is 31.3 Å². The Morgan fingerprint density at radius 1 is 0.517 bits per heavy atom. The largest absolute Gasteiger partial charge is 0.790 e. The summed E-state index contributed by atoms with van der Waals surface area (Å²) in [5, 5.41) is 53.2. The fourth-order valence-corrected chi connectivity index (χ4v) is 17.9. The van der Waals surface area contributed by atoms with E-state index in [4.69, 9.17) is 20.9 Å². The van der Waals surface area contributed by atoms with Crippen LogP contribution < -0.4 is 71.9 Å². The first kappa shape index (κ1) is 98.7. The van der Waals surface area contributed by atoms with Crippen LogP contribution in [-0.4, -0.2) is 196 Å². The van der Waals surface area contributed by atoms with Crippen LogP contribution in [0.4, 0.5) is 11.6 Å². The number of hydrogen-bond donors (Lipinski definition) is 10. The molecule has 7 rings (SSSR count). The van der Waals surface area contributed by atoms with Crippen LogP contribution >= 0.6 is 46.9 Å². The van der Waals surface area contributed by atoms with E-state index < -0.39 is 169 Å². The lowest BCUT2D eigenvalue weighted by Crippen LogP contribution is -2.46. The van der Waals surface area contributed by atoms with E-state index >= 15 is 0 Å². The summed E-state index contributed by atoms with van der Waals surface area (Å²) in [6.07, 6.45) is -11.1. The van der Waals surface area contributed by atoms with Crippen LogP contribution in [0.25, 0.3) is 22.3 Å². The lowest BCUT2D eigenvalue weighted by atomic mass is 9.81. The van der Waals surface area contributed by atoms with Gasteiger partial charge in [-0.3, -0.25) is 56.2 Å². The maximum atomic E-state index is 13.0. The number of aliphatic hydroxyl groups is 4. The second kappa shape index (κ2) is 41.2. The van der Waals surface area contributed by atoms with E-state index in [1.165, 1.54) is 27.7 Å². The number of rotatable bonds is 50. The zero-order chi connectivity index (χ0) is 88.0. The van der Waals surface area contributed by atoms with Crippen LogP contribution in [0, 0.1) is 21.7 Å². The highest BCUT2D eigenvalue weighted by Crippen LogP contribution is 2.58. The van der Waals surface area contributed by atoms with Gasteiger partial charge in [0.1, 0.15) is 84.1 Å². The van der Waals surface area contributed by atoms with Crippen molar-refractivity contribution in [1.82, 2.24) is 60.3 Å². The molecule has 0 bridgehead atoms. The van der Waals surface area contributed by atoms with E-state index in [0.717, 1.165) is 71.3 Å². The van der Waals surface area contributed by atoms with Gasteiger partial charge in [-0.15, -0.1) is 0 Å². The number of benzene rings is 1. The Morgan fingerprint density at radius 3 is 1.22 bits per heavy atom. The third-order valence-electron chi connectivity index (χ3n) is 18.5. The van der Waals surface area contributed by atoms with Gasteiger partial charge in [0, 0.05) is 75.5 Å². The number of aryl methyl sites for hydroxylation is 2. The molecule has 48 nitrogen and oxygen atoms in total. The average Bonchev–Trinajstić information content (AvgIpc) is 1.62. The van der Waals surface area contributed by atoms with Crippen molar-refractivity contribution in [2.75, 3.05) is 64.1 Å². The van der Waals surface area contributed by atoms with Gasteiger partial charge < -0.3 is 138 Å². The van der Waals surface area contributed by atoms with Crippen molar-refractivity contribution in [3.05, 3.63) is 60.7 Å². The van der Waals surface area contributed by atoms with E-state index in [1.54, 1.807) is 0 Å². The molecule has 14 unspecified atom stereocenters. The number of nitrogens with zero attached hydrogens (tertiary/aromatic N) is 8. The SMILES string of the molecule is CC(C)(CCCc1cccc(CCCC(C)(C)CC(=O)CCNC(=O)CCNC(=O)C(O)C(C)(C)COP(=O)([O-])OP(=O)([O-])OCC2OC(n3cnc4c(N)ncnc43)C(O)C2OP(=O)([O-])[O-])c1)CC(=O)CCNC(=O)CCNC(=O)C(O)C(C)(C)COP(=O)([O-])OP(=O)([O-])OCC1OC(n2cnc3c(N)ncnc32)C(O)C1OP(=O)([O-])[O-]. The Hall–Kier alpha value is -6.36. The number of carbonyl (C=O) groups excluding carboxylic acids is 6. The van der Waals surface area contributed by atoms with Crippen molar-refractivity contribution in [3.8, 4) is 0 Å². The number of Topliss-reactive ketones (excluding diaryl/α,β-unsaturated/α-hetero) is 2. The van der Waals surface area contributed by atoms with Crippen LogP contribution in [0.15, 0.2) is 49.6 Å². The molecule has 5 aromatic rings. The first-order valence-electron chi connectivity index (χ1n) is 36.3. The number of amides is 4. The molecule has 0 aliphatic carbocycles. The van der Waals surface area contributed by atoms with Gasteiger partial charge in [-0.25, -0.2) is 38.5 Å². The minimum atomic E-state index is -5.99. The van der Waals surface area contributed by atoms with Crippen LogP contribution in [0.3, 0.4) is 0 Å². The lowest BCUT2D eigenvalue weighted by Gasteiger charge is -2.36. The summed E-state index contributed by atoms with van der Waals surface area (Å²) in [6, 6.07) is 8.12. The van der Waals surface area contributed by atoms with E-state index in [9.17, 15) is 116 Å². The topological polar surface area (TPSA) is 750 Å². The summed E-state index contributed by atoms with van der Waals surface area (Å²) < 4.78 is 123. The summed E-state index contributed by atoms with van der Waals surface area (Å²) in [4.78, 5) is 197. The minimum Gasteiger partial charge on any atom is -0.790 e. The number of ketones is 2. The zero-order valence-corrected chi connectivity index (χ0v) is 70.4. The second-order valence-corrected chi connectivity index (χ2v) is 38.9. The number of aliphatic hydroxyl groups excluding tert-OH is 4. The van der Waals surface area contributed by atoms with Gasteiger partial charge >= 0.3 is 0 Å². The summed E-state index contributed by atoms with van der Waals surface area (Å²) in [5.74, 6) is -3.67. The standard InChI is InChI=1S/C64H102N14O34P6/c1-61(2,27-39(79)16-22-67-43(81)18-24-69-57(87)51(85)63(5,6)31-105-117(99,100)111-115(95,96)103-29-41-49(109-113(89,90)91)47(83)59(107-41)77-35-75-45-53(65)71-33-73-55(45)77)20-10-14-37-12-9-13-38(26-37)15-11-21-62(3,4)28-40(80)17-23-68-44(82)19-25-70-58(88)52(86)64(7,8)32-106-118(101,102)112-116(97,98)104-30-42-50(110-114(92,93)94)48(84)60(108-42)78-36-76-46-54(66)72-34-74-56(46)78/h9,12-13,26,33-36,41-42,47-52,59-60,83-86H,10-11,14-25,27-32H2,1-8H3,(H,67,81)(H,68,82)(H,69,87)(H,70,88)(H,95,96)(H,97,98)(H,99,100)(H,101,102)(H2,65,71,73)(H2,66,72,74)(H2,89,90,91)(H2,92,93,94)/p-8. The summed E-state index contributed by atoms with van der Waals surface area (Å²) in [7, 11) is -35.6. The molecule has 4 aromatic heterocycles. The number of nitrogens with one attached hydrogen (secondary N) is 4. The highest BCUT2D eigenvalue weighted by Gasteiger charge is 2.50. The smallest absolute Gasteiger partial charge is 0.274 e.